The van der Waals surface area contributed by atoms with Crippen LogP contribution in [0, 0.1) is 11.7 Å². The van der Waals surface area contributed by atoms with Crippen LogP contribution in [0.3, 0.4) is 0 Å². The van der Waals surface area contributed by atoms with Gasteiger partial charge in [0.05, 0.1) is 40.7 Å². The molecular weight excluding hydrogens is 619 g/mol. The predicted octanol–water partition coefficient (Wildman–Crippen LogP) is 6.33. The topological polar surface area (TPSA) is 158 Å². The number of fused-ring (bicyclic) bond motifs is 2. The standard InChI is InChI=1S/C34H33FN8O3S/c1-47(45,46)38-17-21-11-22(14-24(35)12-21)32-26-16-30(40-28(26)9-10-37-32)34-33-29(42-43-34)8-7-27(41-33)23-15-25(19-36-18-23)39-31(44)13-20-5-3-2-4-6-20/h7-12,14-16,18-20,38,40H,2-6,13,17H2,1H3,(H,39,44)(H,42,43). The summed E-state index contributed by atoms with van der Waals surface area (Å²) in [6, 6.07) is 13.7. The van der Waals surface area contributed by atoms with Gasteiger partial charge in [0.15, 0.2) is 0 Å². The van der Waals surface area contributed by atoms with Gasteiger partial charge in [0.1, 0.15) is 17.0 Å². The fraction of sp³-hybridized carbons (Fsp3) is 0.265. The first-order chi connectivity index (χ1) is 22.7. The molecule has 0 bridgehead atoms. The van der Waals surface area contributed by atoms with Crippen LogP contribution in [-0.2, 0) is 21.4 Å². The van der Waals surface area contributed by atoms with E-state index in [4.69, 9.17) is 4.98 Å². The summed E-state index contributed by atoms with van der Waals surface area (Å²) in [5, 5.41) is 11.3. The third-order valence-corrected chi connectivity index (χ3v) is 9.17. The molecule has 1 aliphatic carbocycles. The number of hydrogen-bond donors (Lipinski definition) is 4. The zero-order valence-electron chi connectivity index (χ0n) is 25.7. The highest BCUT2D eigenvalue weighted by atomic mass is 32.2. The quantitative estimate of drug-likeness (QED) is 0.142. The molecule has 6 aromatic rings. The summed E-state index contributed by atoms with van der Waals surface area (Å²) in [5.41, 5.74) is 6.97. The largest absolute Gasteiger partial charge is 0.353 e. The van der Waals surface area contributed by atoms with Crippen LogP contribution in [0.2, 0.25) is 0 Å². The number of sulfonamides is 1. The molecule has 4 N–H and O–H groups in total. The number of pyridine rings is 3. The monoisotopic (exact) mass is 652 g/mol. The van der Waals surface area contributed by atoms with Crippen molar-refractivity contribution in [1.29, 1.82) is 0 Å². The molecule has 1 saturated carbocycles. The van der Waals surface area contributed by atoms with Gasteiger partial charge in [-0.2, -0.15) is 5.10 Å². The Balaban J connectivity index is 1.18. The van der Waals surface area contributed by atoms with Crippen molar-refractivity contribution in [2.45, 2.75) is 45.1 Å². The Morgan fingerprint density at radius 3 is 2.66 bits per heavy atom. The van der Waals surface area contributed by atoms with Crippen LogP contribution in [0.25, 0.3) is 55.8 Å². The molecule has 0 saturated heterocycles. The van der Waals surface area contributed by atoms with Gasteiger partial charge in [0, 0.05) is 47.4 Å². The highest BCUT2D eigenvalue weighted by Crippen LogP contribution is 2.34. The Bertz CT molecular complexity index is 2220. The maximum absolute atomic E-state index is 14.6. The molecule has 1 fully saturated rings. The van der Waals surface area contributed by atoms with Crippen LogP contribution in [-0.4, -0.2) is 50.7 Å². The lowest BCUT2D eigenvalue weighted by Gasteiger charge is -2.20. The van der Waals surface area contributed by atoms with Gasteiger partial charge in [0.2, 0.25) is 15.9 Å². The van der Waals surface area contributed by atoms with Crippen molar-refractivity contribution < 1.29 is 17.6 Å². The summed E-state index contributed by atoms with van der Waals surface area (Å²) in [6.45, 7) is -0.0452. The number of anilines is 1. The SMILES string of the molecule is CS(=O)(=O)NCc1cc(F)cc(-c2nccc3[nH]c(-c4n[nH]c5ccc(-c6cncc(NC(=O)CC7CCCCC7)c6)nc45)cc23)c1. The van der Waals surface area contributed by atoms with Crippen molar-refractivity contribution >= 4 is 43.6 Å². The third-order valence-electron chi connectivity index (χ3n) is 8.50. The van der Waals surface area contributed by atoms with Gasteiger partial charge < -0.3 is 10.3 Å². The lowest BCUT2D eigenvalue weighted by Crippen LogP contribution is -2.21. The van der Waals surface area contributed by atoms with Crippen LogP contribution in [0.15, 0.2) is 67.1 Å². The number of halogens is 1. The number of H-pyrrole nitrogens is 2. The van der Waals surface area contributed by atoms with E-state index in [1.807, 2.05) is 30.3 Å². The number of nitrogens with zero attached hydrogens (tertiary/aromatic N) is 4. The zero-order chi connectivity index (χ0) is 32.5. The minimum atomic E-state index is -3.45. The van der Waals surface area contributed by atoms with Gasteiger partial charge >= 0.3 is 0 Å². The van der Waals surface area contributed by atoms with Gasteiger partial charge in [-0.1, -0.05) is 19.3 Å². The first-order valence-electron chi connectivity index (χ1n) is 15.5. The van der Waals surface area contributed by atoms with Crippen LogP contribution in [0.4, 0.5) is 10.1 Å². The predicted molar refractivity (Wildman–Crippen MR) is 179 cm³/mol. The van der Waals surface area contributed by atoms with Gasteiger partial charge in [-0.25, -0.2) is 22.5 Å². The number of nitrogens with one attached hydrogen (secondary N) is 4. The van der Waals surface area contributed by atoms with Crippen molar-refractivity contribution in [2.24, 2.45) is 5.92 Å². The zero-order valence-corrected chi connectivity index (χ0v) is 26.5. The Morgan fingerprint density at radius 1 is 0.979 bits per heavy atom. The second kappa shape index (κ2) is 12.6. The second-order valence-corrected chi connectivity index (χ2v) is 14.0. The van der Waals surface area contributed by atoms with E-state index in [1.54, 1.807) is 24.7 Å². The number of hydrogen-bond acceptors (Lipinski definition) is 7. The highest BCUT2D eigenvalue weighted by molar-refractivity contribution is 7.88. The van der Waals surface area contributed by atoms with Crippen LogP contribution in [0.5, 0.6) is 0 Å². The Kier molecular flexibility index (Phi) is 8.24. The summed E-state index contributed by atoms with van der Waals surface area (Å²) >= 11 is 0. The first-order valence-corrected chi connectivity index (χ1v) is 17.4. The van der Waals surface area contributed by atoms with E-state index in [0.29, 0.717) is 57.4 Å². The van der Waals surface area contributed by atoms with E-state index in [9.17, 15) is 17.6 Å². The summed E-state index contributed by atoms with van der Waals surface area (Å²) < 4.78 is 40.2. The minimum Gasteiger partial charge on any atom is -0.353 e. The third kappa shape index (κ3) is 6.91. The first kappa shape index (κ1) is 30.6. The molecular formula is C34H33FN8O3S. The normalized spacial score (nSPS) is 14.2. The molecule has 0 radical (unpaired) electrons. The number of benzene rings is 1. The number of aromatic amines is 2. The molecule has 11 nitrogen and oxygen atoms in total. The molecule has 1 aromatic carbocycles. The van der Waals surface area contributed by atoms with Crippen molar-refractivity contribution in [1.82, 2.24) is 34.9 Å². The molecule has 0 unspecified atom stereocenters. The molecule has 240 valence electrons. The molecule has 47 heavy (non-hydrogen) atoms. The van der Waals surface area contributed by atoms with Crippen LogP contribution in [0.1, 0.15) is 44.1 Å². The number of aromatic nitrogens is 6. The van der Waals surface area contributed by atoms with E-state index in [2.05, 4.69) is 35.2 Å². The molecule has 5 heterocycles. The lowest BCUT2D eigenvalue weighted by molar-refractivity contribution is -0.117. The number of rotatable bonds is 9. The summed E-state index contributed by atoms with van der Waals surface area (Å²) in [4.78, 5) is 29.9. The van der Waals surface area contributed by atoms with Crippen LogP contribution >= 0.6 is 0 Å². The average Bonchev–Trinajstić information content (AvgIpc) is 3.68. The molecule has 5 aromatic heterocycles. The molecule has 0 spiro atoms. The number of carbonyl (C=O) groups is 1. The molecule has 13 heteroatoms. The summed E-state index contributed by atoms with van der Waals surface area (Å²) in [5.74, 6) is -0.0561. The Hall–Kier alpha value is -5.01. The van der Waals surface area contributed by atoms with Crippen molar-refractivity contribution in [2.75, 3.05) is 11.6 Å². The minimum absolute atomic E-state index is 0.00379. The van der Waals surface area contributed by atoms with Crippen LogP contribution < -0.4 is 10.0 Å². The number of carbonyl (C=O) groups excluding carboxylic acids is 1. The van der Waals surface area contributed by atoms with Gasteiger partial charge in [-0.15, -0.1) is 0 Å². The van der Waals surface area contributed by atoms with Crippen molar-refractivity contribution in [3.05, 3.63) is 78.5 Å². The molecule has 7 rings (SSSR count). The molecule has 0 atom stereocenters. The Morgan fingerprint density at radius 2 is 1.83 bits per heavy atom. The summed E-state index contributed by atoms with van der Waals surface area (Å²) in [6.07, 6.45) is 12.4. The lowest BCUT2D eigenvalue weighted by atomic mass is 9.87. The smallest absolute Gasteiger partial charge is 0.224 e. The Labute approximate surface area is 270 Å². The van der Waals surface area contributed by atoms with Gasteiger partial charge in [-0.05, 0) is 72.9 Å². The molecule has 1 aliphatic rings. The number of amides is 1. The van der Waals surface area contributed by atoms with Crippen molar-refractivity contribution in [3.63, 3.8) is 0 Å². The van der Waals surface area contributed by atoms with E-state index < -0.39 is 15.8 Å². The average molecular weight is 653 g/mol. The van der Waals surface area contributed by atoms with Crippen molar-refractivity contribution in [3.8, 4) is 33.9 Å². The molecule has 1 amide bonds. The summed E-state index contributed by atoms with van der Waals surface area (Å²) in [7, 11) is -3.45. The van der Waals surface area contributed by atoms with Gasteiger partial charge in [-0.3, -0.25) is 19.9 Å². The second-order valence-electron chi connectivity index (χ2n) is 12.1. The fourth-order valence-electron chi connectivity index (χ4n) is 6.28. The van der Waals surface area contributed by atoms with E-state index in [0.717, 1.165) is 41.1 Å². The molecule has 0 aliphatic heterocycles. The maximum Gasteiger partial charge on any atom is 0.224 e. The van der Waals surface area contributed by atoms with E-state index in [-0.39, 0.29) is 12.5 Å². The highest BCUT2D eigenvalue weighted by Gasteiger charge is 2.19. The maximum atomic E-state index is 14.6. The van der Waals surface area contributed by atoms with E-state index >= 15 is 0 Å². The fourth-order valence-corrected chi connectivity index (χ4v) is 6.71. The van der Waals surface area contributed by atoms with E-state index in [1.165, 1.54) is 31.4 Å². The van der Waals surface area contributed by atoms with Gasteiger partial charge in [0.25, 0.3) is 0 Å².